The fourth-order valence-electron chi connectivity index (χ4n) is 1.92. The quantitative estimate of drug-likeness (QED) is 0.881. The van der Waals surface area contributed by atoms with Crippen molar-refractivity contribution in [3.63, 3.8) is 0 Å². The van der Waals surface area contributed by atoms with E-state index < -0.39 is 11.7 Å². The van der Waals surface area contributed by atoms with Gasteiger partial charge in [-0.25, -0.2) is 0 Å². The molecule has 0 aromatic heterocycles. The SMILES string of the molecule is CCCN(C)c1ccc(CCN)cc1C(F)(F)F. The van der Waals surface area contributed by atoms with Gasteiger partial charge in [-0.2, -0.15) is 13.2 Å². The molecule has 2 nitrogen and oxygen atoms in total. The molecular formula is C13H19F3N2. The summed E-state index contributed by atoms with van der Waals surface area (Å²) in [5.41, 5.74) is 5.64. The number of halogens is 3. The predicted molar refractivity (Wildman–Crippen MR) is 67.8 cm³/mol. The molecule has 0 aliphatic rings. The van der Waals surface area contributed by atoms with Crippen LogP contribution >= 0.6 is 0 Å². The molecule has 102 valence electrons. The lowest BCUT2D eigenvalue weighted by atomic mass is 10.0. The first kappa shape index (κ1) is 14.8. The minimum Gasteiger partial charge on any atom is -0.374 e. The molecule has 0 fully saturated rings. The monoisotopic (exact) mass is 260 g/mol. The molecular weight excluding hydrogens is 241 g/mol. The van der Waals surface area contributed by atoms with Crippen molar-refractivity contribution in [3.8, 4) is 0 Å². The first-order valence-electron chi connectivity index (χ1n) is 6.01. The highest BCUT2D eigenvalue weighted by atomic mass is 19.4. The van der Waals surface area contributed by atoms with E-state index in [1.807, 2.05) is 6.92 Å². The van der Waals surface area contributed by atoms with Crippen LogP contribution in [-0.4, -0.2) is 20.1 Å². The molecule has 0 bridgehead atoms. The topological polar surface area (TPSA) is 29.3 Å². The Morgan fingerprint density at radius 1 is 1.28 bits per heavy atom. The molecule has 0 radical (unpaired) electrons. The van der Waals surface area contributed by atoms with E-state index in [4.69, 9.17) is 5.73 Å². The largest absolute Gasteiger partial charge is 0.418 e. The molecule has 0 unspecified atom stereocenters. The van der Waals surface area contributed by atoms with Gasteiger partial charge in [0.2, 0.25) is 0 Å². The lowest BCUT2D eigenvalue weighted by molar-refractivity contribution is -0.137. The highest BCUT2D eigenvalue weighted by Gasteiger charge is 2.34. The van der Waals surface area contributed by atoms with Crippen LogP contribution in [0.2, 0.25) is 0 Å². The molecule has 0 saturated carbocycles. The zero-order valence-corrected chi connectivity index (χ0v) is 10.7. The number of benzene rings is 1. The van der Waals surface area contributed by atoms with Gasteiger partial charge in [0.25, 0.3) is 0 Å². The Kier molecular flexibility index (Phi) is 5.02. The van der Waals surface area contributed by atoms with Crippen LogP contribution in [0, 0.1) is 0 Å². The summed E-state index contributed by atoms with van der Waals surface area (Å²) in [4.78, 5) is 1.63. The van der Waals surface area contributed by atoms with Crippen LogP contribution in [0.4, 0.5) is 18.9 Å². The molecule has 5 heteroatoms. The number of hydrogen-bond acceptors (Lipinski definition) is 2. The molecule has 2 N–H and O–H groups in total. The minimum atomic E-state index is -4.33. The summed E-state index contributed by atoms with van der Waals surface area (Å²) in [7, 11) is 1.68. The lowest BCUT2D eigenvalue weighted by Crippen LogP contribution is -2.22. The number of nitrogens with two attached hydrogens (primary N) is 1. The van der Waals surface area contributed by atoms with Gasteiger partial charge in [0, 0.05) is 19.3 Å². The third-order valence-corrected chi connectivity index (χ3v) is 2.77. The molecule has 0 aliphatic heterocycles. The Morgan fingerprint density at radius 2 is 1.94 bits per heavy atom. The number of alkyl halides is 3. The maximum absolute atomic E-state index is 13.0. The summed E-state index contributed by atoms with van der Waals surface area (Å²) in [6.45, 7) is 2.88. The highest BCUT2D eigenvalue weighted by molar-refractivity contribution is 5.56. The van der Waals surface area contributed by atoms with E-state index in [1.54, 1.807) is 18.0 Å². The van der Waals surface area contributed by atoms with Crippen molar-refractivity contribution in [2.45, 2.75) is 25.9 Å². The number of anilines is 1. The Labute approximate surface area is 106 Å². The molecule has 0 amide bonds. The van der Waals surface area contributed by atoms with Crippen LogP contribution < -0.4 is 10.6 Å². The predicted octanol–water partition coefficient (Wildman–Crippen LogP) is 3.05. The van der Waals surface area contributed by atoms with Gasteiger partial charge < -0.3 is 10.6 Å². The molecule has 1 rings (SSSR count). The van der Waals surface area contributed by atoms with Crippen LogP contribution in [0.3, 0.4) is 0 Å². The highest BCUT2D eigenvalue weighted by Crippen LogP contribution is 2.37. The van der Waals surface area contributed by atoms with E-state index in [2.05, 4.69) is 0 Å². The number of hydrogen-bond donors (Lipinski definition) is 1. The summed E-state index contributed by atoms with van der Waals surface area (Å²) < 4.78 is 39.0. The van der Waals surface area contributed by atoms with Crippen molar-refractivity contribution < 1.29 is 13.2 Å². The molecule has 0 spiro atoms. The first-order valence-corrected chi connectivity index (χ1v) is 6.01. The Balaban J connectivity index is 3.17. The van der Waals surface area contributed by atoms with Gasteiger partial charge in [-0.3, -0.25) is 0 Å². The van der Waals surface area contributed by atoms with Crippen LogP contribution in [0.25, 0.3) is 0 Å². The molecule has 0 saturated heterocycles. The van der Waals surface area contributed by atoms with Gasteiger partial charge in [0.15, 0.2) is 0 Å². The smallest absolute Gasteiger partial charge is 0.374 e. The Hall–Kier alpha value is -1.23. The van der Waals surface area contributed by atoms with Crippen LogP contribution in [-0.2, 0) is 12.6 Å². The van der Waals surface area contributed by atoms with E-state index in [1.165, 1.54) is 12.1 Å². The summed E-state index contributed by atoms with van der Waals surface area (Å²) in [6, 6.07) is 4.45. The van der Waals surface area contributed by atoms with Gasteiger partial charge in [-0.15, -0.1) is 0 Å². The average molecular weight is 260 g/mol. The fourth-order valence-corrected chi connectivity index (χ4v) is 1.92. The average Bonchev–Trinajstić information content (AvgIpc) is 2.28. The zero-order valence-electron chi connectivity index (χ0n) is 10.7. The third-order valence-electron chi connectivity index (χ3n) is 2.77. The van der Waals surface area contributed by atoms with Gasteiger partial charge in [0.1, 0.15) is 0 Å². The molecule has 0 aliphatic carbocycles. The first-order chi connectivity index (χ1) is 8.40. The van der Waals surface area contributed by atoms with Crippen molar-refractivity contribution in [2.24, 2.45) is 5.73 Å². The normalized spacial score (nSPS) is 11.7. The minimum absolute atomic E-state index is 0.227. The van der Waals surface area contributed by atoms with Gasteiger partial charge in [-0.1, -0.05) is 13.0 Å². The second-order valence-corrected chi connectivity index (χ2v) is 4.31. The summed E-state index contributed by atoms with van der Waals surface area (Å²) in [6.07, 6.45) is -3.07. The Morgan fingerprint density at radius 3 is 2.44 bits per heavy atom. The van der Waals surface area contributed by atoms with Crippen molar-refractivity contribution in [1.29, 1.82) is 0 Å². The summed E-state index contributed by atoms with van der Waals surface area (Å²) in [5.74, 6) is 0. The molecule has 0 heterocycles. The molecule has 1 aromatic rings. The van der Waals surface area contributed by atoms with Crippen molar-refractivity contribution >= 4 is 5.69 Å². The van der Waals surface area contributed by atoms with Crippen LogP contribution in [0.1, 0.15) is 24.5 Å². The fraction of sp³-hybridized carbons (Fsp3) is 0.538. The lowest BCUT2D eigenvalue weighted by Gasteiger charge is -2.23. The summed E-state index contributed by atoms with van der Waals surface area (Å²) >= 11 is 0. The van der Waals surface area contributed by atoms with E-state index in [0.717, 1.165) is 6.42 Å². The van der Waals surface area contributed by atoms with Crippen molar-refractivity contribution in [1.82, 2.24) is 0 Å². The van der Waals surface area contributed by atoms with Crippen LogP contribution in [0.15, 0.2) is 18.2 Å². The number of nitrogens with zero attached hydrogens (tertiary/aromatic N) is 1. The van der Waals surface area contributed by atoms with Crippen molar-refractivity contribution in [2.75, 3.05) is 25.0 Å². The maximum atomic E-state index is 13.0. The van der Waals surface area contributed by atoms with Gasteiger partial charge in [0.05, 0.1) is 5.56 Å². The standard InChI is InChI=1S/C13H19F3N2/c1-3-8-18(2)12-5-4-10(6-7-17)9-11(12)13(14,15)16/h4-5,9H,3,6-8,17H2,1-2H3. The van der Waals surface area contributed by atoms with Crippen LogP contribution in [0.5, 0.6) is 0 Å². The van der Waals surface area contributed by atoms with E-state index in [-0.39, 0.29) is 5.69 Å². The van der Waals surface area contributed by atoms with Gasteiger partial charge in [-0.05, 0) is 37.1 Å². The van der Waals surface area contributed by atoms with Gasteiger partial charge >= 0.3 is 6.18 Å². The van der Waals surface area contributed by atoms with E-state index >= 15 is 0 Å². The Bertz CT molecular complexity index is 388. The van der Waals surface area contributed by atoms with E-state index in [0.29, 0.717) is 25.1 Å². The molecule has 0 atom stereocenters. The third kappa shape index (κ3) is 3.63. The van der Waals surface area contributed by atoms with Crippen molar-refractivity contribution in [3.05, 3.63) is 29.3 Å². The zero-order chi connectivity index (χ0) is 13.8. The molecule has 18 heavy (non-hydrogen) atoms. The second-order valence-electron chi connectivity index (χ2n) is 4.31. The second kappa shape index (κ2) is 6.09. The molecule has 1 aromatic carbocycles. The van der Waals surface area contributed by atoms with E-state index in [9.17, 15) is 13.2 Å². The summed E-state index contributed by atoms with van der Waals surface area (Å²) in [5, 5.41) is 0. The number of rotatable bonds is 5. The maximum Gasteiger partial charge on any atom is 0.418 e.